The molecule has 0 atom stereocenters. The summed E-state index contributed by atoms with van der Waals surface area (Å²) in [5.41, 5.74) is 0. The van der Waals surface area contributed by atoms with Crippen molar-refractivity contribution >= 4 is 8.32 Å². The van der Waals surface area contributed by atoms with Crippen molar-refractivity contribution in [3.8, 4) is 0 Å². The van der Waals surface area contributed by atoms with E-state index < -0.39 is 8.32 Å². The summed E-state index contributed by atoms with van der Waals surface area (Å²) in [4.78, 5) is 0. The Morgan fingerprint density at radius 2 is 2.00 bits per heavy atom. The fourth-order valence-corrected chi connectivity index (χ4v) is 3.07. The van der Waals surface area contributed by atoms with E-state index >= 15 is 0 Å². The lowest BCUT2D eigenvalue weighted by Gasteiger charge is -2.21. The second-order valence-corrected chi connectivity index (χ2v) is 7.52. The summed E-state index contributed by atoms with van der Waals surface area (Å²) >= 11 is 0. The quantitative estimate of drug-likeness (QED) is 0.560. The van der Waals surface area contributed by atoms with E-state index in [1.54, 1.807) is 0 Å². The van der Waals surface area contributed by atoms with Crippen LogP contribution in [0.3, 0.4) is 0 Å². The molecule has 0 rings (SSSR count). The SMILES string of the molecule is [CH2]CCO[Si](C)(C)CCC. The molecule has 1 nitrogen and oxygen atoms in total. The Hall–Kier alpha value is 0.177. The Bertz CT molecular complexity index is 81.3. The van der Waals surface area contributed by atoms with Gasteiger partial charge in [0.25, 0.3) is 0 Å². The molecule has 0 aromatic rings. The minimum absolute atomic E-state index is 0.846. The van der Waals surface area contributed by atoms with Gasteiger partial charge < -0.3 is 4.43 Å². The molecule has 0 unspecified atom stereocenters. The zero-order valence-electron chi connectivity index (χ0n) is 7.44. The molecule has 0 aromatic carbocycles. The summed E-state index contributed by atoms with van der Waals surface area (Å²) < 4.78 is 5.70. The van der Waals surface area contributed by atoms with E-state index in [2.05, 4.69) is 26.9 Å². The van der Waals surface area contributed by atoms with Gasteiger partial charge >= 0.3 is 0 Å². The Balaban J connectivity index is 3.42. The maximum absolute atomic E-state index is 5.70. The van der Waals surface area contributed by atoms with E-state index in [0.29, 0.717) is 0 Å². The smallest absolute Gasteiger partial charge is 0.186 e. The second-order valence-electron chi connectivity index (χ2n) is 3.21. The lowest BCUT2D eigenvalue weighted by atomic mass is 10.5. The number of hydrogen-bond donors (Lipinski definition) is 0. The van der Waals surface area contributed by atoms with Crippen molar-refractivity contribution in [1.29, 1.82) is 0 Å². The van der Waals surface area contributed by atoms with Gasteiger partial charge in [0.2, 0.25) is 0 Å². The first-order chi connectivity index (χ1) is 4.62. The predicted molar refractivity (Wildman–Crippen MR) is 48.5 cm³/mol. The minimum Gasteiger partial charge on any atom is -0.417 e. The van der Waals surface area contributed by atoms with Crippen LogP contribution in [-0.4, -0.2) is 14.9 Å². The van der Waals surface area contributed by atoms with Crippen molar-refractivity contribution in [3.63, 3.8) is 0 Å². The third-order valence-electron chi connectivity index (χ3n) is 1.49. The summed E-state index contributed by atoms with van der Waals surface area (Å²) in [5, 5.41) is 0. The standard InChI is InChI=1S/C8H19OSi/c1-5-7-9-10(3,4)8-6-2/h1,5-8H2,2-4H3. The molecule has 0 fully saturated rings. The van der Waals surface area contributed by atoms with Gasteiger partial charge in [-0.15, -0.1) is 0 Å². The molecule has 1 radical (unpaired) electrons. The molecule has 0 aromatic heterocycles. The maximum atomic E-state index is 5.70. The Morgan fingerprint density at radius 1 is 1.40 bits per heavy atom. The van der Waals surface area contributed by atoms with Crippen LogP contribution in [0.1, 0.15) is 19.8 Å². The van der Waals surface area contributed by atoms with Gasteiger partial charge in [-0.1, -0.05) is 20.3 Å². The van der Waals surface area contributed by atoms with Crippen LogP contribution in [0.25, 0.3) is 0 Å². The third-order valence-corrected chi connectivity index (χ3v) is 4.18. The Morgan fingerprint density at radius 3 is 2.40 bits per heavy atom. The van der Waals surface area contributed by atoms with Gasteiger partial charge in [-0.2, -0.15) is 0 Å². The monoisotopic (exact) mass is 159 g/mol. The highest BCUT2D eigenvalue weighted by molar-refractivity contribution is 6.71. The first kappa shape index (κ1) is 10.2. The fourth-order valence-electron chi connectivity index (χ4n) is 1.02. The van der Waals surface area contributed by atoms with Crippen LogP contribution in [0.5, 0.6) is 0 Å². The van der Waals surface area contributed by atoms with Crippen LogP contribution in [0.2, 0.25) is 19.1 Å². The molecule has 0 saturated heterocycles. The van der Waals surface area contributed by atoms with Crippen molar-refractivity contribution in [3.05, 3.63) is 6.92 Å². The van der Waals surface area contributed by atoms with Gasteiger partial charge in [-0.3, -0.25) is 0 Å². The lowest BCUT2D eigenvalue weighted by molar-refractivity contribution is 0.313. The fraction of sp³-hybridized carbons (Fsp3) is 0.875. The van der Waals surface area contributed by atoms with E-state index in [0.717, 1.165) is 13.0 Å². The van der Waals surface area contributed by atoms with Gasteiger partial charge in [0.1, 0.15) is 0 Å². The van der Waals surface area contributed by atoms with Crippen molar-refractivity contribution in [2.24, 2.45) is 0 Å². The molecule has 0 bridgehead atoms. The predicted octanol–water partition coefficient (Wildman–Crippen LogP) is 2.84. The van der Waals surface area contributed by atoms with Gasteiger partial charge in [0.15, 0.2) is 8.32 Å². The van der Waals surface area contributed by atoms with Crippen LogP contribution in [0, 0.1) is 6.92 Å². The van der Waals surface area contributed by atoms with Crippen molar-refractivity contribution < 1.29 is 4.43 Å². The van der Waals surface area contributed by atoms with Crippen molar-refractivity contribution in [2.45, 2.75) is 38.9 Å². The Labute approximate surface area is 65.9 Å². The lowest BCUT2D eigenvalue weighted by Crippen LogP contribution is -2.30. The zero-order valence-corrected chi connectivity index (χ0v) is 8.44. The molecule has 0 N–H and O–H groups in total. The van der Waals surface area contributed by atoms with Crippen LogP contribution in [0.15, 0.2) is 0 Å². The van der Waals surface area contributed by atoms with E-state index in [1.165, 1.54) is 12.5 Å². The van der Waals surface area contributed by atoms with E-state index in [1.807, 2.05) is 0 Å². The Kier molecular flexibility index (Phi) is 5.00. The summed E-state index contributed by atoms with van der Waals surface area (Å²) in [5.74, 6) is 0. The molecule has 2 heteroatoms. The average molecular weight is 159 g/mol. The molecule has 0 amide bonds. The maximum Gasteiger partial charge on any atom is 0.186 e. The molecule has 0 saturated carbocycles. The molecule has 10 heavy (non-hydrogen) atoms. The molecule has 61 valence electrons. The first-order valence-electron chi connectivity index (χ1n) is 4.05. The van der Waals surface area contributed by atoms with Crippen molar-refractivity contribution in [1.82, 2.24) is 0 Å². The minimum atomic E-state index is -1.26. The first-order valence-corrected chi connectivity index (χ1v) is 7.17. The molecule has 0 spiro atoms. The van der Waals surface area contributed by atoms with Crippen LogP contribution < -0.4 is 0 Å². The molecule has 0 aliphatic carbocycles. The van der Waals surface area contributed by atoms with Gasteiger partial charge in [0.05, 0.1) is 0 Å². The molecular formula is C8H19OSi. The van der Waals surface area contributed by atoms with Crippen molar-refractivity contribution in [2.75, 3.05) is 6.61 Å². The van der Waals surface area contributed by atoms with Gasteiger partial charge in [-0.25, -0.2) is 0 Å². The van der Waals surface area contributed by atoms with E-state index in [9.17, 15) is 0 Å². The average Bonchev–Trinajstić information content (AvgIpc) is 1.84. The zero-order chi connectivity index (χ0) is 8.04. The number of hydrogen-bond acceptors (Lipinski definition) is 1. The van der Waals surface area contributed by atoms with Crippen LogP contribution >= 0.6 is 0 Å². The molecule has 0 aliphatic heterocycles. The third kappa shape index (κ3) is 5.00. The summed E-state index contributed by atoms with van der Waals surface area (Å²) in [7, 11) is -1.26. The normalized spacial score (nSPS) is 12.0. The largest absolute Gasteiger partial charge is 0.417 e. The molecule has 0 heterocycles. The topological polar surface area (TPSA) is 9.23 Å². The van der Waals surface area contributed by atoms with Gasteiger partial charge in [0, 0.05) is 6.61 Å². The highest BCUT2D eigenvalue weighted by Crippen LogP contribution is 2.12. The van der Waals surface area contributed by atoms with Gasteiger partial charge in [-0.05, 0) is 25.6 Å². The molecular weight excluding hydrogens is 140 g/mol. The van der Waals surface area contributed by atoms with Crippen LogP contribution in [-0.2, 0) is 4.43 Å². The van der Waals surface area contributed by atoms with E-state index in [-0.39, 0.29) is 0 Å². The second kappa shape index (κ2) is 4.91. The highest BCUT2D eigenvalue weighted by atomic mass is 28.4. The highest BCUT2D eigenvalue weighted by Gasteiger charge is 2.19. The summed E-state index contributed by atoms with van der Waals surface area (Å²) in [6, 6.07) is 1.27. The van der Waals surface area contributed by atoms with E-state index in [4.69, 9.17) is 4.43 Å². The summed E-state index contributed by atoms with van der Waals surface area (Å²) in [6.07, 6.45) is 2.15. The molecule has 0 aliphatic rings. The number of rotatable bonds is 5. The summed E-state index contributed by atoms with van der Waals surface area (Å²) in [6.45, 7) is 11.3. The van der Waals surface area contributed by atoms with Crippen LogP contribution in [0.4, 0.5) is 0 Å².